The molecular weight excluding hydrogens is 262 g/mol. The average molecular weight is 285 g/mol. The number of aliphatic hydroxyl groups is 1. The Hall–Kier alpha value is -0.910. The molecule has 0 bridgehead atoms. The Morgan fingerprint density at radius 2 is 2.00 bits per heavy atom. The van der Waals surface area contributed by atoms with E-state index in [4.69, 9.17) is 5.73 Å². The van der Waals surface area contributed by atoms with Crippen LogP contribution < -0.4 is 5.73 Å². The SMILES string of the molecule is CCC(N)C(O)CC(C)c1cccc(S(C)(=O)=O)c1. The Morgan fingerprint density at radius 1 is 1.37 bits per heavy atom. The molecule has 0 aromatic heterocycles. The molecule has 108 valence electrons. The van der Waals surface area contributed by atoms with E-state index < -0.39 is 15.9 Å². The van der Waals surface area contributed by atoms with Crippen molar-refractivity contribution in [1.82, 2.24) is 0 Å². The topological polar surface area (TPSA) is 80.4 Å². The molecule has 0 aliphatic carbocycles. The van der Waals surface area contributed by atoms with E-state index in [1.54, 1.807) is 18.2 Å². The predicted octanol–water partition coefficient (Wildman–Crippen LogP) is 1.68. The van der Waals surface area contributed by atoms with Crippen LogP contribution in [0.1, 0.15) is 38.2 Å². The first-order valence-corrected chi connectivity index (χ1v) is 8.38. The van der Waals surface area contributed by atoms with Crippen LogP contribution in [0.25, 0.3) is 0 Å². The first-order valence-electron chi connectivity index (χ1n) is 6.49. The highest BCUT2D eigenvalue weighted by atomic mass is 32.2. The maximum atomic E-state index is 11.5. The predicted molar refractivity (Wildman–Crippen MR) is 76.9 cm³/mol. The van der Waals surface area contributed by atoms with Gasteiger partial charge in [0.05, 0.1) is 11.0 Å². The monoisotopic (exact) mass is 285 g/mol. The van der Waals surface area contributed by atoms with Gasteiger partial charge in [0, 0.05) is 12.3 Å². The number of benzene rings is 1. The molecule has 1 aromatic carbocycles. The molecule has 19 heavy (non-hydrogen) atoms. The zero-order valence-corrected chi connectivity index (χ0v) is 12.5. The van der Waals surface area contributed by atoms with E-state index in [2.05, 4.69) is 0 Å². The van der Waals surface area contributed by atoms with Crippen molar-refractivity contribution in [1.29, 1.82) is 0 Å². The zero-order chi connectivity index (χ0) is 14.6. The summed E-state index contributed by atoms with van der Waals surface area (Å²) in [6.07, 6.45) is 1.87. The summed E-state index contributed by atoms with van der Waals surface area (Å²) in [5, 5.41) is 9.94. The van der Waals surface area contributed by atoms with E-state index in [1.807, 2.05) is 19.9 Å². The van der Waals surface area contributed by atoms with Crippen molar-refractivity contribution < 1.29 is 13.5 Å². The minimum absolute atomic E-state index is 0.0642. The maximum absolute atomic E-state index is 11.5. The van der Waals surface area contributed by atoms with E-state index in [0.717, 1.165) is 12.0 Å². The van der Waals surface area contributed by atoms with E-state index in [9.17, 15) is 13.5 Å². The van der Waals surface area contributed by atoms with Crippen LogP contribution in [0.15, 0.2) is 29.2 Å². The average Bonchev–Trinajstić information content (AvgIpc) is 2.36. The molecule has 4 nitrogen and oxygen atoms in total. The minimum atomic E-state index is -3.20. The fourth-order valence-electron chi connectivity index (χ4n) is 2.00. The molecule has 1 aromatic rings. The van der Waals surface area contributed by atoms with E-state index in [1.165, 1.54) is 6.26 Å². The molecule has 0 saturated carbocycles. The zero-order valence-electron chi connectivity index (χ0n) is 11.7. The van der Waals surface area contributed by atoms with Crippen LogP contribution in [0, 0.1) is 0 Å². The summed E-state index contributed by atoms with van der Waals surface area (Å²) in [4.78, 5) is 0.311. The van der Waals surface area contributed by atoms with Crippen LogP contribution in [0.2, 0.25) is 0 Å². The Bertz CT molecular complexity index is 513. The van der Waals surface area contributed by atoms with Gasteiger partial charge in [0.15, 0.2) is 9.84 Å². The molecule has 0 aliphatic heterocycles. The quantitative estimate of drug-likeness (QED) is 0.833. The van der Waals surface area contributed by atoms with Crippen LogP contribution in [0.3, 0.4) is 0 Å². The lowest BCUT2D eigenvalue weighted by molar-refractivity contribution is 0.126. The van der Waals surface area contributed by atoms with Crippen molar-refractivity contribution in [2.75, 3.05) is 6.26 Å². The standard InChI is InChI=1S/C14H23NO3S/c1-4-13(15)14(16)8-10(2)11-6-5-7-12(9-11)19(3,17)18/h5-7,9-10,13-14,16H,4,8,15H2,1-3H3. The van der Waals surface area contributed by atoms with Gasteiger partial charge in [-0.3, -0.25) is 0 Å². The Kier molecular flexibility index (Phi) is 5.52. The molecule has 0 heterocycles. The van der Waals surface area contributed by atoms with Gasteiger partial charge < -0.3 is 10.8 Å². The molecule has 0 amide bonds. The summed E-state index contributed by atoms with van der Waals surface area (Å²) in [5.41, 5.74) is 6.70. The molecule has 0 aliphatic rings. The van der Waals surface area contributed by atoms with E-state index in [0.29, 0.717) is 11.3 Å². The minimum Gasteiger partial charge on any atom is -0.391 e. The lowest BCUT2D eigenvalue weighted by atomic mass is 9.92. The van der Waals surface area contributed by atoms with Gasteiger partial charge in [-0.1, -0.05) is 26.0 Å². The van der Waals surface area contributed by atoms with E-state index in [-0.39, 0.29) is 12.0 Å². The summed E-state index contributed by atoms with van der Waals surface area (Å²) in [7, 11) is -3.20. The van der Waals surface area contributed by atoms with Gasteiger partial charge in [0.1, 0.15) is 0 Å². The molecule has 0 saturated heterocycles. The summed E-state index contributed by atoms with van der Waals surface area (Å²) >= 11 is 0. The molecule has 5 heteroatoms. The van der Waals surface area contributed by atoms with Crippen molar-refractivity contribution in [3.8, 4) is 0 Å². The molecule has 0 fully saturated rings. The van der Waals surface area contributed by atoms with Crippen LogP contribution in [-0.2, 0) is 9.84 Å². The fourth-order valence-corrected chi connectivity index (χ4v) is 2.67. The van der Waals surface area contributed by atoms with Crippen LogP contribution in [0.5, 0.6) is 0 Å². The van der Waals surface area contributed by atoms with Crippen LogP contribution in [-0.4, -0.2) is 31.9 Å². The second-order valence-electron chi connectivity index (χ2n) is 5.12. The summed E-state index contributed by atoms with van der Waals surface area (Å²) in [6, 6.07) is 6.63. The van der Waals surface area contributed by atoms with Crippen molar-refractivity contribution in [2.45, 2.75) is 49.6 Å². The van der Waals surface area contributed by atoms with Crippen LogP contribution in [0.4, 0.5) is 0 Å². The Labute approximate surface area is 115 Å². The molecular formula is C14H23NO3S. The molecule has 0 spiro atoms. The molecule has 3 atom stereocenters. The first-order chi connectivity index (χ1) is 8.75. The number of nitrogens with two attached hydrogens (primary N) is 1. The van der Waals surface area contributed by atoms with Gasteiger partial charge in [-0.15, -0.1) is 0 Å². The Balaban J connectivity index is 2.86. The second-order valence-corrected chi connectivity index (χ2v) is 7.14. The Morgan fingerprint density at radius 3 is 2.53 bits per heavy atom. The highest BCUT2D eigenvalue weighted by Gasteiger charge is 2.18. The lowest BCUT2D eigenvalue weighted by Crippen LogP contribution is -2.34. The van der Waals surface area contributed by atoms with Gasteiger partial charge in [0.2, 0.25) is 0 Å². The third-order valence-electron chi connectivity index (χ3n) is 3.42. The van der Waals surface area contributed by atoms with Crippen LogP contribution >= 0.6 is 0 Å². The second kappa shape index (κ2) is 6.50. The highest BCUT2D eigenvalue weighted by molar-refractivity contribution is 7.90. The first kappa shape index (κ1) is 16.1. The van der Waals surface area contributed by atoms with Gasteiger partial charge >= 0.3 is 0 Å². The van der Waals surface area contributed by atoms with Gasteiger partial charge in [0.25, 0.3) is 0 Å². The molecule has 3 unspecified atom stereocenters. The maximum Gasteiger partial charge on any atom is 0.175 e. The summed E-state index contributed by atoms with van der Waals surface area (Å²) in [5.74, 6) is 0.0642. The largest absolute Gasteiger partial charge is 0.391 e. The molecule has 0 radical (unpaired) electrons. The number of sulfone groups is 1. The van der Waals surface area contributed by atoms with E-state index >= 15 is 0 Å². The van der Waals surface area contributed by atoms with Gasteiger partial charge in [-0.25, -0.2) is 8.42 Å². The summed E-state index contributed by atoms with van der Waals surface area (Å²) < 4.78 is 23.0. The fraction of sp³-hybridized carbons (Fsp3) is 0.571. The van der Waals surface area contributed by atoms with Crippen molar-refractivity contribution >= 4 is 9.84 Å². The molecule has 1 rings (SSSR count). The summed E-state index contributed by atoms with van der Waals surface area (Å²) in [6.45, 7) is 3.90. The normalized spacial score (nSPS) is 16.9. The van der Waals surface area contributed by atoms with Gasteiger partial charge in [-0.2, -0.15) is 0 Å². The number of hydrogen-bond acceptors (Lipinski definition) is 4. The third kappa shape index (κ3) is 4.60. The van der Waals surface area contributed by atoms with Crippen molar-refractivity contribution in [3.63, 3.8) is 0 Å². The molecule has 3 N–H and O–H groups in total. The third-order valence-corrected chi connectivity index (χ3v) is 4.53. The number of rotatable bonds is 6. The highest BCUT2D eigenvalue weighted by Crippen LogP contribution is 2.24. The van der Waals surface area contributed by atoms with Gasteiger partial charge in [-0.05, 0) is 36.5 Å². The number of hydrogen-bond donors (Lipinski definition) is 2. The van der Waals surface area contributed by atoms with Crippen molar-refractivity contribution in [3.05, 3.63) is 29.8 Å². The van der Waals surface area contributed by atoms with Crippen molar-refractivity contribution in [2.24, 2.45) is 5.73 Å². The lowest BCUT2D eigenvalue weighted by Gasteiger charge is -2.21. The smallest absolute Gasteiger partial charge is 0.175 e. The number of aliphatic hydroxyl groups excluding tert-OH is 1.